The normalized spacial score (nSPS) is 18.5. The van der Waals surface area contributed by atoms with Gasteiger partial charge in [-0.3, -0.25) is 4.79 Å². The van der Waals surface area contributed by atoms with E-state index in [1.54, 1.807) is 17.0 Å². The van der Waals surface area contributed by atoms with Gasteiger partial charge in [-0.05, 0) is 30.7 Å². The van der Waals surface area contributed by atoms with Crippen molar-refractivity contribution in [1.29, 1.82) is 0 Å². The number of aromatic nitrogens is 1. The molecule has 1 fully saturated rings. The summed E-state index contributed by atoms with van der Waals surface area (Å²) in [4.78, 5) is 14.5. The fraction of sp³-hybridized carbons (Fsp3) is 0.353. The van der Waals surface area contributed by atoms with Gasteiger partial charge in [0.25, 0.3) is 5.91 Å². The molecule has 3 rings (SSSR count). The first-order chi connectivity index (χ1) is 10.6. The van der Waals surface area contributed by atoms with Crippen molar-refractivity contribution in [3.05, 3.63) is 59.2 Å². The lowest BCUT2D eigenvalue weighted by molar-refractivity contribution is -0.0228. The minimum absolute atomic E-state index is 0.0218. The van der Waals surface area contributed by atoms with Crippen LogP contribution in [0.2, 0.25) is 0 Å². The highest BCUT2D eigenvalue weighted by Gasteiger charge is 2.27. The Hall–Kier alpha value is -2.14. The van der Waals surface area contributed by atoms with Crippen LogP contribution in [0.25, 0.3) is 0 Å². The predicted molar refractivity (Wildman–Crippen MR) is 81.1 cm³/mol. The molecule has 0 N–H and O–H groups in total. The van der Waals surface area contributed by atoms with Gasteiger partial charge >= 0.3 is 0 Å². The van der Waals surface area contributed by atoms with Crippen LogP contribution in [0.15, 0.2) is 36.5 Å². The summed E-state index contributed by atoms with van der Waals surface area (Å²) in [6, 6.07) is 8.10. The third-order valence-corrected chi connectivity index (χ3v) is 4.21. The van der Waals surface area contributed by atoms with E-state index in [0.29, 0.717) is 19.7 Å². The van der Waals surface area contributed by atoms with Crippen LogP contribution in [-0.2, 0) is 11.8 Å². The first-order valence-corrected chi connectivity index (χ1v) is 7.34. The number of amides is 1. The first-order valence-electron chi connectivity index (χ1n) is 7.34. The van der Waals surface area contributed by atoms with Gasteiger partial charge in [0, 0.05) is 25.5 Å². The zero-order chi connectivity index (χ0) is 15.7. The maximum Gasteiger partial charge on any atom is 0.255 e. The van der Waals surface area contributed by atoms with Crippen molar-refractivity contribution < 1.29 is 13.9 Å². The molecular formula is C17H19FN2O2. The lowest BCUT2D eigenvalue weighted by atomic mass is 10.1. The minimum Gasteiger partial charge on any atom is -0.370 e. The van der Waals surface area contributed by atoms with E-state index < -0.39 is 0 Å². The van der Waals surface area contributed by atoms with Crippen LogP contribution >= 0.6 is 0 Å². The zero-order valence-corrected chi connectivity index (χ0v) is 12.8. The Morgan fingerprint density at radius 2 is 2.00 bits per heavy atom. The number of carbonyl (C=O) groups is 1. The van der Waals surface area contributed by atoms with Crippen LogP contribution < -0.4 is 0 Å². The second kappa shape index (κ2) is 5.93. The first kappa shape index (κ1) is 14.8. The van der Waals surface area contributed by atoms with Gasteiger partial charge in [-0.15, -0.1) is 0 Å². The van der Waals surface area contributed by atoms with Crippen molar-refractivity contribution in [2.75, 3.05) is 19.7 Å². The number of ether oxygens (including phenoxy) is 1. The Labute approximate surface area is 129 Å². The van der Waals surface area contributed by atoms with Crippen LogP contribution in [0.3, 0.4) is 0 Å². The Morgan fingerprint density at radius 3 is 2.64 bits per heavy atom. The lowest BCUT2D eigenvalue weighted by Gasteiger charge is -2.33. The molecule has 0 bridgehead atoms. The number of nitrogens with zero attached hydrogens (tertiary/aromatic N) is 2. The molecule has 5 heteroatoms. The summed E-state index contributed by atoms with van der Waals surface area (Å²) in [6.45, 7) is 3.48. The average molecular weight is 302 g/mol. The van der Waals surface area contributed by atoms with Crippen molar-refractivity contribution in [2.45, 2.75) is 13.0 Å². The Bertz CT molecular complexity index is 678. The SMILES string of the molecule is Cc1c(C(=O)N2CCOC(c3ccc(F)cc3)C2)ccn1C. The Balaban J connectivity index is 1.76. The van der Waals surface area contributed by atoms with Gasteiger partial charge in [-0.25, -0.2) is 4.39 Å². The molecule has 1 aromatic carbocycles. The van der Waals surface area contributed by atoms with Gasteiger partial charge in [0.2, 0.25) is 0 Å². The molecule has 1 unspecified atom stereocenters. The monoisotopic (exact) mass is 302 g/mol. The van der Waals surface area contributed by atoms with Crippen molar-refractivity contribution in [3.8, 4) is 0 Å². The fourth-order valence-corrected chi connectivity index (χ4v) is 2.72. The molecule has 1 saturated heterocycles. The third-order valence-electron chi connectivity index (χ3n) is 4.21. The molecule has 1 atom stereocenters. The topological polar surface area (TPSA) is 34.5 Å². The molecule has 2 aromatic rings. The maximum atomic E-state index is 13.0. The van der Waals surface area contributed by atoms with Crippen molar-refractivity contribution in [1.82, 2.24) is 9.47 Å². The van der Waals surface area contributed by atoms with Crippen LogP contribution in [0.5, 0.6) is 0 Å². The quantitative estimate of drug-likeness (QED) is 0.855. The van der Waals surface area contributed by atoms with Crippen LogP contribution in [-0.4, -0.2) is 35.1 Å². The standard InChI is InChI=1S/C17H19FN2O2/c1-12-15(7-8-19(12)2)17(21)20-9-10-22-16(11-20)13-3-5-14(18)6-4-13/h3-8,16H,9-11H2,1-2H3. The molecule has 1 amide bonds. The molecule has 4 nitrogen and oxygen atoms in total. The third kappa shape index (κ3) is 2.76. The maximum absolute atomic E-state index is 13.0. The number of benzene rings is 1. The molecule has 1 aromatic heterocycles. The predicted octanol–water partition coefficient (Wildman–Crippen LogP) is 2.69. The average Bonchev–Trinajstić information content (AvgIpc) is 2.87. The highest BCUT2D eigenvalue weighted by Crippen LogP contribution is 2.24. The largest absolute Gasteiger partial charge is 0.370 e. The van der Waals surface area contributed by atoms with E-state index in [4.69, 9.17) is 4.74 Å². The molecule has 0 spiro atoms. The Morgan fingerprint density at radius 1 is 1.27 bits per heavy atom. The highest BCUT2D eigenvalue weighted by atomic mass is 19.1. The minimum atomic E-state index is -0.271. The number of carbonyl (C=O) groups excluding carboxylic acids is 1. The molecule has 0 radical (unpaired) electrons. The van der Waals surface area contributed by atoms with E-state index in [1.165, 1.54) is 12.1 Å². The summed E-state index contributed by atoms with van der Waals surface area (Å²) in [7, 11) is 1.92. The number of halogens is 1. The summed E-state index contributed by atoms with van der Waals surface area (Å²) < 4.78 is 20.7. The number of hydrogen-bond acceptors (Lipinski definition) is 2. The summed E-state index contributed by atoms with van der Waals surface area (Å²) in [6.07, 6.45) is 1.68. The summed E-state index contributed by atoms with van der Waals surface area (Å²) in [5.41, 5.74) is 2.57. The van der Waals surface area contributed by atoms with E-state index in [-0.39, 0.29) is 17.8 Å². The van der Waals surface area contributed by atoms with E-state index in [9.17, 15) is 9.18 Å². The zero-order valence-electron chi connectivity index (χ0n) is 12.8. The molecule has 1 aliphatic rings. The van der Waals surface area contributed by atoms with Gasteiger partial charge in [-0.1, -0.05) is 12.1 Å². The van der Waals surface area contributed by atoms with E-state index in [0.717, 1.165) is 16.8 Å². The number of rotatable bonds is 2. The van der Waals surface area contributed by atoms with Gasteiger partial charge in [0.05, 0.1) is 18.7 Å². The number of hydrogen-bond donors (Lipinski definition) is 0. The Kier molecular flexibility index (Phi) is 3.98. The molecule has 0 saturated carbocycles. The molecule has 116 valence electrons. The smallest absolute Gasteiger partial charge is 0.255 e. The van der Waals surface area contributed by atoms with Gasteiger partial charge in [0.15, 0.2) is 0 Å². The fourth-order valence-electron chi connectivity index (χ4n) is 2.72. The van der Waals surface area contributed by atoms with Gasteiger partial charge < -0.3 is 14.2 Å². The van der Waals surface area contributed by atoms with Crippen LogP contribution in [0, 0.1) is 12.7 Å². The molecule has 0 aliphatic carbocycles. The highest BCUT2D eigenvalue weighted by molar-refractivity contribution is 5.95. The van der Waals surface area contributed by atoms with Gasteiger partial charge in [0.1, 0.15) is 11.9 Å². The summed E-state index contributed by atoms with van der Waals surface area (Å²) in [5.74, 6) is -0.249. The number of morpholine rings is 1. The summed E-state index contributed by atoms with van der Waals surface area (Å²) >= 11 is 0. The van der Waals surface area contributed by atoms with Crippen molar-refractivity contribution >= 4 is 5.91 Å². The molecule has 2 heterocycles. The van der Waals surface area contributed by atoms with E-state index in [1.807, 2.05) is 30.8 Å². The molecule has 1 aliphatic heterocycles. The second-order valence-corrected chi connectivity index (χ2v) is 5.59. The molecular weight excluding hydrogens is 283 g/mol. The van der Waals surface area contributed by atoms with E-state index >= 15 is 0 Å². The van der Waals surface area contributed by atoms with Gasteiger partial charge in [-0.2, -0.15) is 0 Å². The van der Waals surface area contributed by atoms with Crippen LogP contribution in [0.1, 0.15) is 27.7 Å². The van der Waals surface area contributed by atoms with Crippen molar-refractivity contribution in [2.24, 2.45) is 7.05 Å². The molecule has 22 heavy (non-hydrogen) atoms. The summed E-state index contributed by atoms with van der Waals surface area (Å²) in [5, 5.41) is 0. The number of aryl methyl sites for hydroxylation is 1. The van der Waals surface area contributed by atoms with Crippen LogP contribution in [0.4, 0.5) is 4.39 Å². The van der Waals surface area contributed by atoms with E-state index in [2.05, 4.69) is 0 Å². The van der Waals surface area contributed by atoms with Crippen molar-refractivity contribution in [3.63, 3.8) is 0 Å². The lowest BCUT2D eigenvalue weighted by Crippen LogP contribution is -2.42. The second-order valence-electron chi connectivity index (χ2n) is 5.59.